The molecule has 4 amide bonds. The van der Waals surface area contributed by atoms with Crippen LogP contribution in [0.5, 0.6) is 5.75 Å². The average molecular weight is 318 g/mol. The Hall–Kier alpha value is -2.90. The molecule has 23 heavy (non-hydrogen) atoms. The molecule has 0 saturated carbocycles. The molecule has 0 atom stereocenters. The fourth-order valence-corrected chi connectivity index (χ4v) is 2.07. The van der Waals surface area contributed by atoms with Crippen molar-refractivity contribution < 1.29 is 19.5 Å². The SMILES string of the molecule is CC1(C)NC(=O)N(CCC(=O)N/N=C\c2cccc(O)c2)C1=O. The van der Waals surface area contributed by atoms with Gasteiger partial charge in [-0.15, -0.1) is 0 Å². The van der Waals surface area contributed by atoms with Gasteiger partial charge in [-0.1, -0.05) is 12.1 Å². The zero-order chi connectivity index (χ0) is 17.0. The summed E-state index contributed by atoms with van der Waals surface area (Å²) in [6.45, 7) is 3.20. The van der Waals surface area contributed by atoms with Crippen LogP contribution in [0.4, 0.5) is 4.79 Å². The number of carbonyl (C=O) groups is 3. The molecule has 0 aromatic heterocycles. The van der Waals surface area contributed by atoms with Crippen molar-refractivity contribution in [2.45, 2.75) is 25.8 Å². The van der Waals surface area contributed by atoms with Crippen molar-refractivity contribution in [2.24, 2.45) is 5.10 Å². The topological polar surface area (TPSA) is 111 Å². The lowest BCUT2D eigenvalue weighted by atomic mass is 10.1. The smallest absolute Gasteiger partial charge is 0.325 e. The first-order valence-electron chi connectivity index (χ1n) is 7.04. The summed E-state index contributed by atoms with van der Waals surface area (Å²) in [5, 5.41) is 15.6. The Morgan fingerprint density at radius 2 is 2.17 bits per heavy atom. The number of phenolic OH excluding ortho intramolecular Hbond substituents is 1. The van der Waals surface area contributed by atoms with Crippen molar-refractivity contribution in [3.8, 4) is 5.75 Å². The number of imide groups is 1. The second-order valence-corrected chi connectivity index (χ2v) is 5.65. The summed E-state index contributed by atoms with van der Waals surface area (Å²) >= 11 is 0. The molecule has 0 radical (unpaired) electrons. The lowest BCUT2D eigenvalue weighted by Crippen LogP contribution is -2.40. The van der Waals surface area contributed by atoms with Crippen LogP contribution in [0.15, 0.2) is 29.4 Å². The van der Waals surface area contributed by atoms with E-state index in [4.69, 9.17) is 0 Å². The average Bonchev–Trinajstić information content (AvgIpc) is 2.65. The van der Waals surface area contributed by atoms with E-state index in [1.165, 1.54) is 18.3 Å². The highest BCUT2D eigenvalue weighted by atomic mass is 16.3. The number of rotatable bonds is 5. The van der Waals surface area contributed by atoms with Crippen LogP contribution in [-0.2, 0) is 9.59 Å². The molecule has 1 aromatic carbocycles. The molecule has 1 aliphatic rings. The number of benzene rings is 1. The van der Waals surface area contributed by atoms with E-state index in [9.17, 15) is 19.5 Å². The Labute approximate surface area is 133 Å². The molecule has 1 aromatic rings. The van der Waals surface area contributed by atoms with Gasteiger partial charge in [-0.05, 0) is 31.5 Å². The summed E-state index contributed by atoms with van der Waals surface area (Å²) in [5.41, 5.74) is 1.99. The number of hydrogen-bond donors (Lipinski definition) is 3. The van der Waals surface area contributed by atoms with E-state index in [1.807, 2.05) is 0 Å². The van der Waals surface area contributed by atoms with Crippen molar-refractivity contribution in [1.29, 1.82) is 0 Å². The predicted octanol–water partition coefficient (Wildman–Crippen LogP) is 0.563. The highest BCUT2D eigenvalue weighted by Crippen LogP contribution is 2.16. The van der Waals surface area contributed by atoms with Gasteiger partial charge in [0.2, 0.25) is 5.91 Å². The van der Waals surface area contributed by atoms with Gasteiger partial charge in [0.15, 0.2) is 0 Å². The number of nitrogens with zero attached hydrogens (tertiary/aromatic N) is 2. The van der Waals surface area contributed by atoms with E-state index in [0.29, 0.717) is 5.56 Å². The van der Waals surface area contributed by atoms with Crippen molar-refractivity contribution >= 4 is 24.1 Å². The standard InChI is InChI=1S/C15H18N4O4/c1-15(2)13(22)19(14(23)17-15)7-6-12(21)18-16-9-10-4-3-5-11(20)8-10/h3-5,8-9,20H,6-7H2,1-2H3,(H,17,23)(H,18,21)/b16-9-. The second kappa shape index (κ2) is 6.47. The number of aromatic hydroxyl groups is 1. The lowest BCUT2D eigenvalue weighted by Gasteiger charge is -2.15. The monoisotopic (exact) mass is 318 g/mol. The molecule has 1 fully saturated rings. The Morgan fingerprint density at radius 1 is 1.43 bits per heavy atom. The first kappa shape index (κ1) is 16.5. The molecule has 0 unspecified atom stereocenters. The van der Waals surface area contributed by atoms with E-state index in [1.54, 1.807) is 26.0 Å². The number of urea groups is 1. The maximum Gasteiger partial charge on any atom is 0.325 e. The predicted molar refractivity (Wildman–Crippen MR) is 82.8 cm³/mol. The van der Waals surface area contributed by atoms with Gasteiger partial charge in [-0.2, -0.15) is 5.10 Å². The van der Waals surface area contributed by atoms with Crippen LogP contribution in [0, 0.1) is 0 Å². The number of amides is 4. The van der Waals surface area contributed by atoms with E-state index in [0.717, 1.165) is 4.90 Å². The van der Waals surface area contributed by atoms with Gasteiger partial charge in [0.1, 0.15) is 11.3 Å². The number of hydrogen-bond acceptors (Lipinski definition) is 5. The van der Waals surface area contributed by atoms with E-state index < -0.39 is 17.5 Å². The number of phenols is 1. The molecule has 1 saturated heterocycles. The Balaban J connectivity index is 1.82. The molecular weight excluding hydrogens is 300 g/mol. The first-order valence-corrected chi connectivity index (χ1v) is 7.04. The normalized spacial score (nSPS) is 16.7. The molecule has 0 aliphatic carbocycles. The van der Waals surface area contributed by atoms with Crippen LogP contribution < -0.4 is 10.7 Å². The first-order chi connectivity index (χ1) is 10.8. The van der Waals surface area contributed by atoms with Crippen molar-refractivity contribution in [2.75, 3.05) is 6.54 Å². The third kappa shape index (κ3) is 4.06. The van der Waals surface area contributed by atoms with E-state index >= 15 is 0 Å². The zero-order valence-corrected chi connectivity index (χ0v) is 12.9. The van der Waals surface area contributed by atoms with Crippen LogP contribution in [-0.4, -0.2) is 46.2 Å². The second-order valence-electron chi connectivity index (χ2n) is 5.65. The van der Waals surface area contributed by atoms with Crippen molar-refractivity contribution in [3.05, 3.63) is 29.8 Å². The highest BCUT2D eigenvalue weighted by molar-refractivity contribution is 6.06. The molecule has 0 spiro atoms. The molecule has 122 valence electrons. The quantitative estimate of drug-likeness (QED) is 0.418. The lowest BCUT2D eigenvalue weighted by molar-refractivity contribution is -0.130. The summed E-state index contributed by atoms with van der Waals surface area (Å²) in [6.07, 6.45) is 1.33. The Morgan fingerprint density at radius 3 is 2.78 bits per heavy atom. The van der Waals surface area contributed by atoms with Gasteiger partial charge >= 0.3 is 6.03 Å². The summed E-state index contributed by atoms with van der Waals surface area (Å²) < 4.78 is 0. The molecule has 8 nitrogen and oxygen atoms in total. The molecule has 0 bridgehead atoms. The maximum absolute atomic E-state index is 11.9. The minimum Gasteiger partial charge on any atom is -0.508 e. The largest absolute Gasteiger partial charge is 0.508 e. The number of nitrogens with one attached hydrogen (secondary N) is 2. The number of hydrazone groups is 1. The summed E-state index contributed by atoms with van der Waals surface area (Å²) in [6, 6.07) is 5.87. The van der Waals surface area contributed by atoms with Gasteiger partial charge in [0.25, 0.3) is 5.91 Å². The third-order valence-corrected chi connectivity index (χ3v) is 3.28. The van der Waals surface area contributed by atoms with Gasteiger partial charge in [-0.3, -0.25) is 14.5 Å². The van der Waals surface area contributed by atoms with Crippen molar-refractivity contribution in [1.82, 2.24) is 15.6 Å². The summed E-state index contributed by atoms with van der Waals surface area (Å²) in [5.74, 6) is -0.688. The van der Waals surface area contributed by atoms with Crippen LogP contribution in [0.1, 0.15) is 25.8 Å². The van der Waals surface area contributed by atoms with Crippen LogP contribution in [0.25, 0.3) is 0 Å². The van der Waals surface area contributed by atoms with Gasteiger partial charge in [-0.25, -0.2) is 10.2 Å². The summed E-state index contributed by atoms with van der Waals surface area (Å²) in [4.78, 5) is 36.3. The minimum atomic E-state index is -0.943. The Kier molecular flexibility index (Phi) is 4.63. The molecule has 3 N–H and O–H groups in total. The fourth-order valence-electron chi connectivity index (χ4n) is 2.07. The van der Waals surface area contributed by atoms with E-state index in [2.05, 4.69) is 15.8 Å². The van der Waals surface area contributed by atoms with Gasteiger partial charge < -0.3 is 10.4 Å². The van der Waals surface area contributed by atoms with Gasteiger partial charge in [0.05, 0.1) is 6.21 Å². The third-order valence-electron chi connectivity index (χ3n) is 3.28. The molecular formula is C15H18N4O4. The number of carbonyl (C=O) groups excluding carboxylic acids is 3. The van der Waals surface area contributed by atoms with Crippen molar-refractivity contribution in [3.63, 3.8) is 0 Å². The molecule has 8 heteroatoms. The Bertz CT molecular complexity index is 669. The molecule has 1 aliphatic heterocycles. The molecule has 2 rings (SSSR count). The zero-order valence-electron chi connectivity index (χ0n) is 12.9. The van der Waals surface area contributed by atoms with Gasteiger partial charge in [0, 0.05) is 13.0 Å². The summed E-state index contributed by atoms with van der Waals surface area (Å²) in [7, 11) is 0. The van der Waals surface area contributed by atoms with Crippen LogP contribution >= 0.6 is 0 Å². The highest BCUT2D eigenvalue weighted by Gasteiger charge is 2.43. The van der Waals surface area contributed by atoms with Crippen LogP contribution in [0.2, 0.25) is 0 Å². The molecule has 1 heterocycles. The minimum absolute atomic E-state index is 0.0123. The fraction of sp³-hybridized carbons (Fsp3) is 0.333. The maximum atomic E-state index is 11.9. The van der Waals surface area contributed by atoms with Crippen LogP contribution in [0.3, 0.4) is 0 Å². The van der Waals surface area contributed by atoms with E-state index in [-0.39, 0.29) is 24.6 Å².